The second kappa shape index (κ2) is 9.89. The third kappa shape index (κ3) is 5.80. The quantitative estimate of drug-likeness (QED) is 0.564. The minimum Gasteiger partial charge on any atom is -0.484 e. The van der Waals surface area contributed by atoms with Crippen LogP contribution in [-0.2, 0) is 9.53 Å². The summed E-state index contributed by atoms with van der Waals surface area (Å²) >= 11 is 0. The van der Waals surface area contributed by atoms with E-state index in [0.717, 1.165) is 0 Å². The molecule has 0 saturated carbocycles. The monoisotopic (exact) mass is 391 g/mol. The van der Waals surface area contributed by atoms with Gasteiger partial charge in [-0.3, -0.25) is 4.79 Å². The number of rotatable bonds is 8. The van der Waals surface area contributed by atoms with Crippen LogP contribution in [-0.4, -0.2) is 30.1 Å². The van der Waals surface area contributed by atoms with Crippen molar-refractivity contribution in [2.75, 3.05) is 23.8 Å². The molecule has 7 nitrogen and oxygen atoms in total. The van der Waals surface area contributed by atoms with Crippen LogP contribution in [0.5, 0.6) is 5.75 Å². The van der Waals surface area contributed by atoms with Crippen molar-refractivity contribution in [2.45, 2.75) is 6.92 Å². The van der Waals surface area contributed by atoms with Crippen molar-refractivity contribution in [3.63, 3.8) is 0 Å². The number of amides is 1. The normalized spacial score (nSPS) is 10.1. The van der Waals surface area contributed by atoms with Crippen LogP contribution in [0, 0.1) is 0 Å². The third-order valence-electron chi connectivity index (χ3n) is 3.85. The first kappa shape index (κ1) is 19.9. The van der Waals surface area contributed by atoms with Gasteiger partial charge in [-0.15, -0.1) is 0 Å². The molecule has 148 valence electrons. The summed E-state index contributed by atoms with van der Waals surface area (Å²) in [6.07, 6.45) is 1.57. The number of carbonyl (C=O) groups is 2. The van der Waals surface area contributed by atoms with E-state index in [4.69, 9.17) is 9.47 Å². The van der Waals surface area contributed by atoms with Gasteiger partial charge >= 0.3 is 5.97 Å². The maximum absolute atomic E-state index is 12.1. The lowest BCUT2D eigenvalue weighted by molar-refractivity contribution is -0.118. The zero-order valence-electron chi connectivity index (χ0n) is 15.9. The van der Waals surface area contributed by atoms with Gasteiger partial charge in [-0.05, 0) is 43.3 Å². The minimum absolute atomic E-state index is 0.112. The number of hydrogen-bond acceptors (Lipinski definition) is 6. The first-order valence-corrected chi connectivity index (χ1v) is 9.12. The van der Waals surface area contributed by atoms with E-state index in [1.165, 1.54) is 0 Å². The van der Waals surface area contributed by atoms with Crippen molar-refractivity contribution in [1.82, 2.24) is 4.98 Å². The molecule has 1 aromatic heterocycles. The summed E-state index contributed by atoms with van der Waals surface area (Å²) in [6.45, 7) is 1.95. The molecular weight excluding hydrogens is 370 g/mol. The standard InChI is InChI=1S/C22H21N3O4/c1-2-28-22(27)18-10-6-7-11-19(18)24-16-12-13-20(23-14-16)25-21(26)15-29-17-8-4-3-5-9-17/h3-14,24H,2,15H2,1H3,(H,23,25,26). The average Bonchev–Trinajstić information content (AvgIpc) is 2.75. The number of hydrogen-bond donors (Lipinski definition) is 2. The summed E-state index contributed by atoms with van der Waals surface area (Å²) in [5, 5.41) is 5.81. The van der Waals surface area contributed by atoms with Crippen LogP contribution >= 0.6 is 0 Å². The van der Waals surface area contributed by atoms with E-state index >= 15 is 0 Å². The largest absolute Gasteiger partial charge is 0.484 e. The van der Waals surface area contributed by atoms with Gasteiger partial charge in [0.1, 0.15) is 11.6 Å². The lowest BCUT2D eigenvalue weighted by Gasteiger charge is -2.12. The predicted molar refractivity (Wildman–Crippen MR) is 110 cm³/mol. The molecule has 1 amide bonds. The first-order chi connectivity index (χ1) is 14.2. The Morgan fingerprint density at radius 3 is 2.45 bits per heavy atom. The van der Waals surface area contributed by atoms with Crippen molar-refractivity contribution < 1.29 is 19.1 Å². The Bertz CT molecular complexity index is 959. The Kier molecular flexibility index (Phi) is 6.78. The molecule has 2 N–H and O–H groups in total. The molecule has 0 unspecified atom stereocenters. The maximum Gasteiger partial charge on any atom is 0.340 e. The number of ether oxygens (including phenoxy) is 2. The van der Waals surface area contributed by atoms with Gasteiger partial charge in [-0.1, -0.05) is 30.3 Å². The molecule has 0 aliphatic heterocycles. The number of para-hydroxylation sites is 2. The van der Waals surface area contributed by atoms with Crippen LogP contribution in [0.4, 0.5) is 17.2 Å². The zero-order chi connectivity index (χ0) is 20.5. The molecule has 3 rings (SSSR count). The molecule has 0 bridgehead atoms. The minimum atomic E-state index is -0.397. The Morgan fingerprint density at radius 1 is 0.966 bits per heavy atom. The van der Waals surface area contributed by atoms with Gasteiger partial charge in [-0.2, -0.15) is 0 Å². The van der Waals surface area contributed by atoms with Crippen LogP contribution in [0.1, 0.15) is 17.3 Å². The highest BCUT2D eigenvalue weighted by Crippen LogP contribution is 2.22. The van der Waals surface area contributed by atoms with Crippen molar-refractivity contribution in [3.05, 3.63) is 78.5 Å². The molecule has 29 heavy (non-hydrogen) atoms. The van der Waals surface area contributed by atoms with E-state index in [0.29, 0.717) is 35.1 Å². The highest BCUT2D eigenvalue weighted by molar-refractivity contribution is 5.96. The second-order valence-corrected chi connectivity index (χ2v) is 5.97. The van der Waals surface area contributed by atoms with E-state index in [2.05, 4.69) is 15.6 Å². The fourth-order valence-corrected chi connectivity index (χ4v) is 2.52. The number of benzene rings is 2. The Balaban J connectivity index is 1.58. The lowest BCUT2D eigenvalue weighted by Crippen LogP contribution is -2.20. The molecule has 3 aromatic rings. The smallest absolute Gasteiger partial charge is 0.340 e. The molecule has 0 spiro atoms. The zero-order valence-corrected chi connectivity index (χ0v) is 15.9. The van der Waals surface area contributed by atoms with E-state index in [9.17, 15) is 9.59 Å². The number of aromatic nitrogens is 1. The van der Waals surface area contributed by atoms with Crippen molar-refractivity contribution in [2.24, 2.45) is 0 Å². The topological polar surface area (TPSA) is 89.6 Å². The SMILES string of the molecule is CCOC(=O)c1ccccc1Nc1ccc(NC(=O)COc2ccccc2)nc1. The van der Waals surface area contributed by atoms with Gasteiger partial charge in [0.2, 0.25) is 0 Å². The number of nitrogens with one attached hydrogen (secondary N) is 2. The molecule has 0 aliphatic rings. The fraction of sp³-hybridized carbons (Fsp3) is 0.136. The highest BCUT2D eigenvalue weighted by Gasteiger charge is 2.12. The van der Waals surface area contributed by atoms with Crippen LogP contribution in [0.3, 0.4) is 0 Å². The summed E-state index contributed by atoms with van der Waals surface area (Å²) in [7, 11) is 0. The first-order valence-electron chi connectivity index (χ1n) is 9.12. The molecule has 1 heterocycles. The van der Waals surface area contributed by atoms with Crippen LogP contribution in [0.15, 0.2) is 72.9 Å². The Hall–Kier alpha value is -3.87. The van der Waals surface area contributed by atoms with Gasteiger partial charge < -0.3 is 20.1 Å². The predicted octanol–water partition coefficient (Wildman–Crippen LogP) is 4.02. The lowest BCUT2D eigenvalue weighted by atomic mass is 10.1. The van der Waals surface area contributed by atoms with Gasteiger partial charge in [0.15, 0.2) is 6.61 Å². The number of carbonyl (C=O) groups excluding carboxylic acids is 2. The van der Waals surface area contributed by atoms with Gasteiger partial charge in [0, 0.05) is 0 Å². The van der Waals surface area contributed by atoms with E-state index in [1.807, 2.05) is 24.3 Å². The summed E-state index contributed by atoms with van der Waals surface area (Å²) < 4.78 is 10.5. The molecule has 0 aliphatic carbocycles. The molecule has 7 heteroatoms. The third-order valence-corrected chi connectivity index (χ3v) is 3.85. The molecule has 0 atom stereocenters. The Morgan fingerprint density at radius 2 is 1.72 bits per heavy atom. The maximum atomic E-state index is 12.1. The molecular formula is C22H21N3O4. The number of nitrogens with zero attached hydrogens (tertiary/aromatic N) is 1. The van der Waals surface area contributed by atoms with Gasteiger partial charge in [0.25, 0.3) is 5.91 Å². The average molecular weight is 391 g/mol. The van der Waals surface area contributed by atoms with E-state index in [1.54, 1.807) is 55.6 Å². The second-order valence-electron chi connectivity index (χ2n) is 5.97. The molecule has 0 fully saturated rings. The van der Waals surface area contributed by atoms with Gasteiger partial charge in [0.05, 0.1) is 29.7 Å². The number of esters is 1. The van der Waals surface area contributed by atoms with E-state index < -0.39 is 5.97 Å². The molecule has 0 saturated heterocycles. The summed E-state index contributed by atoms with van der Waals surface area (Å²) in [5.74, 6) is 0.312. The van der Waals surface area contributed by atoms with Crippen molar-refractivity contribution in [3.8, 4) is 5.75 Å². The number of pyridine rings is 1. The van der Waals surface area contributed by atoms with E-state index in [-0.39, 0.29) is 12.5 Å². The Labute approximate surface area is 168 Å². The van der Waals surface area contributed by atoms with Crippen LogP contribution in [0.2, 0.25) is 0 Å². The fourth-order valence-electron chi connectivity index (χ4n) is 2.52. The molecule has 0 radical (unpaired) electrons. The van der Waals surface area contributed by atoms with Crippen molar-refractivity contribution in [1.29, 1.82) is 0 Å². The summed E-state index contributed by atoms with van der Waals surface area (Å²) in [5.41, 5.74) is 1.71. The van der Waals surface area contributed by atoms with Crippen LogP contribution < -0.4 is 15.4 Å². The van der Waals surface area contributed by atoms with Gasteiger partial charge in [-0.25, -0.2) is 9.78 Å². The van der Waals surface area contributed by atoms with Crippen molar-refractivity contribution >= 4 is 29.1 Å². The number of anilines is 3. The highest BCUT2D eigenvalue weighted by atomic mass is 16.5. The molecule has 2 aromatic carbocycles. The summed E-state index contributed by atoms with van der Waals surface area (Å²) in [6, 6.07) is 19.6. The van der Waals surface area contributed by atoms with Crippen LogP contribution in [0.25, 0.3) is 0 Å². The summed E-state index contributed by atoms with van der Waals surface area (Å²) in [4.78, 5) is 28.3.